The second-order valence-electron chi connectivity index (χ2n) is 4.89. The van der Waals surface area contributed by atoms with Crippen molar-refractivity contribution in [3.8, 4) is 16.5 Å². The van der Waals surface area contributed by atoms with Gasteiger partial charge in [0.25, 0.3) is 10.0 Å². The van der Waals surface area contributed by atoms with E-state index in [2.05, 4.69) is 4.72 Å². The number of anilines is 1. The molecular formula is C17H11FN2O2S2. The van der Waals surface area contributed by atoms with Crippen molar-refractivity contribution in [3.05, 3.63) is 71.4 Å². The summed E-state index contributed by atoms with van der Waals surface area (Å²) in [6.07, 6.45) is 0. The molecule has 1 heterocycles. The fourth-order valence-electron chi connectivity index (χ4n) is 2.11. The van der Waals surface area contributed by atoms with Crippen LogP contribution in [0, 0.1) is 17.1 Å². The maximum Gasteiger partial charge on any atom is 0.261 e. The first kappa shape index (κ1) is 16.2. The molecule has 7 heteroatoms. The quantitative estimate of drug-likeness (QED) is 0.759. The molecule has 0 amide bonds. The Morgan fingerprint density at radius 3 is 2.33 bits per heavy atom. The van der Waals surface area contributed by atoms with Gasteiger partial charge in [0, 0.05) is 4.88 Å². The molecule has 3 aromatic rings. The van der Waals surface area contributed by atoms with Gasteiger partial charge in [0.05, 0.1) is 10.6 Å². The van der Waals surface area contributed by atoms with E-state index in [0.717, 1.165) is 11.3 Å². The van der Waals surface area contributed by atoms with Crippen LogP contribution in [0.3, 0.4) is 0 Å². The molecule has 0 atom stereocenters. The van der Waals surface area contributed by atoms with Crippen molar-refractivity contribution in [2.24, 2.45) is 0 Å². The summed E-state index contributed by atoms with van der Waals surface area (Å²) in [5, 5.41) is 9.26. The summed E-state index contributed by atoms with van der Waals surface area (Å²) in [6, 6.07) is 17.3. The Balaban J connectivity index is 1.97. The number of hydrogen-bond acceptors (Lipinski definition) is 4. The van der Waals surface area contributed by atoms with Gasteiger partial charge >= 0.3 is 0 Å². The molecule has 3 rings (SSSR count). The molecule has 0 unspecified atom stereocenters. The van der Waals surface area contributed by atoms with Crippen molar-refractivity contribution < 1.29 is 12.8 Å². The van der Waals surface area contributed by atoms with E-state index in [1.807, 2.05) is 6.07 Å². The molecule has 0 fully saturated rings. The molecule has 0 aliphatic rings. The maximum absolute atomic E-state index is 13.0. The molecule has 120 valence electrons. The number of nitrogens with zero attached hydrogens (tertiary/aromatic N) is 1. The van der Waals surface area contributed by atoms with Gasteiger partial charge in [-0.25, -0.2) is 12.8 Å². The molecule has 0 bridgehead atoms. The highest BCUT2D eigenvalue weighted by molar-refractivity contribution is 7.92. The number of halogens is 1. The molecule has 24 heavy (non-hydrogen) atoms. The fourth-order valence-corrected chi connectivity index (χ4v) is 4.17. The van der Waals surface area contributed by atoms with E-state index in [0.29, 0.717) is 10.4 Å². The maximum atomic E-state index is 13.0. The van der Waals surface area contributed by atoms with Gasteiger partial charge in [0.1, 0.15) is 16.8 Å². The molecule has 0 spiro atoms. The second kappa shape index (κ2) is 6.43. The Morgan fingerprint density at radius 1 is 1.04 bits per heavy atom. The van der Waals surface area contributed by atoms with Crippen LogP contribution in [-0.4, -0.2) is 8.42 Å². The van der Waals surface area contributed by atoms with Gasteiger partial charge in [-0.2, -0.15) is 5.26 Å². The minimum absolute atomic E-state index is 0.114. The van der Waals surface area contributed by atoms with Crippen LogP contribution in [0.2, 0.25) is 0 Å². The summed E-state index contributed by atoms with van der Waals surface area (Å²) in [7, 11) is -3.78. The number of hydrogen-bond donors (Lipinski definition) is 1. The Labute approximate surface area is 142 Å². The van der Waals surface area contributed by atoms with E-state index in [9.17, 15) is 18.1 Å². The van der Waals surface area contributed by atoms with Gasteiger partial charge in [-0.05, 0) is 35.9 Å². The van der Waals surface area contributed by atoms with Crippen molar-refractivity contribution in [2.75, 3.05) is 4.72 Å². The van der Waals surface area contributed by atoms with Crippen LogP contribution in [0.15, 0.2) is 65.6 Å². The van der Waals surface area contributed by atoms with Gasteiger partial charge in [-0.15, -0.1) is 11.3 Å². The van der Waals surface area contributed by atoms with Crippen LogP contribution in [0.1, 0.15) is 4.88 Å². The van der Waals surface area contributed by atoms with E-state index in [4.69, 9.17) is 0 Å². The van der Waals surface area contributed by atoms with E-state index in [-0.39, 0.29) is 21.3 Å². The summed E-state index contributed by atoms with van der Waals surface area (Å²) in [5.41, 5.74) is 0.925. The van der Waals surface area contributed by atoms with Gasteiger partial charge in [-0.3, -0.25) is 4.72 Å². The summed E-state index contributed by atoms with van der Waals surface area (Å²) >= 11 is 1.14. The number of rotatable bonds is 4. The average molecular weight is 358 g/mol. The first-order valence-corrected chi connectivity index (χ1v) is 9.17. The first-order chi connectivity index (χ1) is 11.5. The molecule has 0 radical (unpaired) electrons. The standard InChI is InChI=1S/C17H11FN2O2S2/c18-13-8-6-12(7-9-13)16-10-15(17(11-19)23-16)20-24(21,22)14-4-2-1-3-5-14/h1-10,20H. The Kier molecular flexibility index (Phi) is 4.34. The number of nitriles is 1. The molecule has 1 N–H and O–H groups in total. The van der Waals surface area contributed by atoms with Crippen molar-refractivity contribution in [1.29, 1.82) is 5.26 Å². The molecule has 0 saturated carbocycles. The Morgan fingerprint density at radius 2 is 1.71 bits per heavy atom. The molecule has 0 saturated heterocycles. The number of thiophene rings is 1. The molecule has 0 aliphatic heterocycles. The van der Waals surface area contributed by atoms with Crippen LogP contribution in [0.4, 0.5) is 10.1 Å². The van der Waals surface area contributed by atoms with Crippen LogP contribution >= 0.6 is 11.3 Å². The number of benzene rings is 2. The van der Waals surface area contributed by atoms with Crippen molar-refractivity contribution in [3.63, 3.8) is 0 Å². The molecule has 0 aliphatic carbocycles. The second-order valence-corrected chi connectivity index (χ2v) is 7.63. The third kappa shape index (κ3) is 3.30. The third-order valence-electron chi connectivity index (χ3n) is 3.26. The van der Waals surface area contributed by atoms with E-state index in [1.165, 1.54) is 24.3 Å². The zero-order valence-electron chi connectivity index (χ0n) is 12.2. The number of nitrogens with one attached hydrogen (secondary N) is 1. The highest BCUT2D eigenvalue weighted by Gasteiger charge is 2.18. The highest BCUT2D eigenvalue weighted by atomic mass is 32.2. The van der Waals surface area contributed by atoms with Gasteiger partial charge < -0.3 is 0 Å². The Bertz CT molecular complexity index is 1000. The Hall–Kier alpha value is -2.69. The summed E-state index contributed by atoms with van der Waals surface area (Å²) in [4.78, 5) is 1.04. The predicted molar refractivity (Wildman–Crippen MR) is 91.7 cm³/mol. The van der Waals surface area contributed by atoms with Crippen LogP contribution < -0.4 is 4.72 Å². The lowest BCUT2D eigenvalue weighted by molar-refractivity contribution is 0.601. The lowest BCUT2D eigenvalue weighted by Crippen LogP contribution is -2.12. The topological polar surface area (TPSA) is 70.0 Å². The smallest absolute Gasteiger partial charge is 0.261 e. The SMILES string of the molecule is N#Cc1sc(-c2ccc(F)cc2)cc1NS(=O)(=O)c1ccccc1. The predicted octanol–water partition coefficient (Wildman–Crippen LogP) is 4.23. The van der Waals surface area contributed by atoms with Gasteiger partial charge in [-0.1, -0.05) is 30.3 Å². The number of sulfonamides is 1. The normalized spacial score (nSPS) is 11.0. The molecule has 1 aromatic heterocycles. The monoisotopic (exact) mass is 358 g/mol. The summed E-state index contributed by atoms with van der Waals surface area (Å²) < 4.78 is 40.3. The van der Waals surface area contributed by atoms with Gasteiger partial charge in [0.2, 0.25) is 0 Å². The lowest BCUT2D eigenvalue weighted by atomic mass is 10.2. The molecule has 2 aromatic carbocycles. The largest absolute Gasteiger partial charge is 0.277 e. The fraction of sp³-hybridized carbons (Fsp3) is 0. The minimum atomic E-state index is -3.78. The van der Waals surface area contributed by atoms with Crippen molar-refractivity contribution >= 4 is 27.0 Å². The lowest BCUT2D eigenvalue weighted by Gasteiger charge is -2.06. The zero-order chi connectivity index (χ0) is 17.2. The van der Waals surface area contributed by atoms with E-state index < -0.39 is 10.0 Å². The van der Waals surface area contributed by atoms with Gasteiger partial charge in [0.15, 0.2) is 0 Å². The molecular weight excluding hydrogens is 347 g/mol. The van der Waals surface area contributed by atoms with E-state index >= 15 is 0 Å². The van der Waals surface area contributed by atoms with Crippen molar-refractivity contribution in [1.82, 2.24) is 0 Å². The summed E-state index contributed by atoms with van der Waals surface area (Å²) in [5.74, 6) is -0.360. The molecule has 4 nitrogen and oxygen atoms in total. The highest BCUT2D eigenvalue weighted by Crippen LogP contribution is 2.35. The van der Waals surface area contributed by atoms with Crippen LogP contribution in [0.5, 0.6) is 0 Å². The third-order valence-corrected chi connectivity index (χ3v) is 5.73. The zero-order valence-corrected chi connectivity index (χ0v) is 13.9. The van der Waals surface area contributed by atoms with Crippen LogP contribution in [0.25, 0.3) is 10.4 Å². The summed E-state index contributed by atoms with van der Waals surface area (Å²) in [6.45, 7) is 0. The first-order valence-electron chi connectivity index (χ1n) is 6.87. The van der Waals surface area contributed by atoms with Crippen molar-refractivity contribution in [2.45, 2.75) is 4.90 Å². The average Bonchev–Trinajstić information content (AvgIpc) is 2.98. The van der Waals surface area contributed by atoms with E-state index in [1.54, 1.807) is 36.4 Å². The van der Waals surface area contributed by atoms with Crippen LogP contribution in [-0.2, 0) is 10.0 Å². The minimum Gasteiger partial charge on any atom is -0.277 e.